The first kappa shape index (κ1) is 18.4. The summed E-state index contributed by atoms with van der Waals surface area (Å²) in [6.45, 7) is 9.38. The molecule has 6 heteroatoms. The summed E-state index contributed by atoms with van der Waals surface area (Å²) in [4.78, 5) is 13.1. The predicted octanol–water partition coefficient (Wildman–Crippen LogP) is 2.40. The van der Waals surface area contributed by atoms with E-state index in [0.29, 0.717) is 25.5 Å². The van der Waals surface area contributed by atoms with Crippen LogP contribution in [0.4, 0.5) is 0 Å². The van der Waals surface area contributed by atoms with E-state index in [1.165, 1.54) is 0 Å². The van der Waals surface area contributed by atoms with Gasteiger partial charge in [-0.05, 0) is 46.1 Å². The van der Waals surface area contributed by atoms with Gasteiger partial charge in [0.15, 0.2) is 0 Å². The van der Waals surface area contributed by atoms with Crippen molar-refractivity contribution in [3.63, 3.8) is 0 Å². The molecule has 1 aromatic heterocycles. The van der Waals surface area contributed by atoms with Gasteiger partial charge in [-0.2, -0.15) is 0 Å². The van der Waals surface area contributed by atoms with Crippen LogP contribution in [0.3, 0.4) is 0 Å². The standard InChI is InChI=1S/C19H31N3O3/c1-4-18(2,3)21-17(23)19(7-5-8-20-13-19)11-15-10-16(22-25-15)14-6-9-24-12-14/h10,14,20H,4-9,11-13H2,1-3H3,(H,21,23)/t14-,19+/m1/s1. The molecule has 3 rings (SSSR count). The largest absolute Gasteiger partial charge is 0.381 e. The fraction of sp³-hybridized carbons (Fsp3) is 0.789. The number of carbonyl (C=O) groups excluding carboxylic acids is 1. The van der Waals surface area contributed by atoms with Crippen LogP contribution in [0.5, 0.6) is 0 Å². The van der Waals surface area contributed by atoms with Gasteiger partial charge < -0.3 is 19.9 Å². The molecule has 2 aliphatic heterocycles. The van der Waals surface area contributed by atoms with Gasteiger partial charge in [0, 0.05) is 37.1 Å². The van der Waals surface area contributed by atoms with Gasteiger partial charge in [-0.1, -0.05) is 12.1 Å². The molecule has 1 aromatic rings. The molecule has 2 N–H and O–H groups in total. The molecule has 140 valence electrons. The molecule has 0 aliphatic carbocycles. The summed E-state index contributed by atoms with van der Waals surface area (Å²) in [5.74, 6) is 1.24. The molecule has 0 unspecified atom stereocenters. The Hall–Kier alpha value is -1.40. The van der Waals surface area contributed by atoms with Gasteiger partial charge in [-0.3, -0.25) is 4.79 Å². The van der Waals surface area contributed by atoms with Gasteiger partial charge in [0.1, 0.15) is 5.76 Å². The Morgan fingerprint density at radius 3 is 3.00 bits per heavy atom. The van der Waals surface area contributed by atoms with Crippen molar-refractivity contribution in [3.8, 4) is 0 Å². The minimum absolute atomic E-state index is 0.119. The molecule has 0 radical (unpaired) electrons. The molecule has 6 nitrogen and oxygen atoms in total. The quantitative estimate of drug-likeness (QED) is 0.825. The van der Waals surface area contributed by atoms with E-state index >= 15 is 0 Å². The zero-order valence-corrected chi connectivity index (χ0v) is 15.7. The molecule has 0 bridgehead atoms. The highest BCUT2D eigenvalue weighted by atomic mass is 16.5. The Morgan fingerprint density at radius 2 is 2.36 bits per heavy atom. The van der Waals surface area contributed by atoms with E-state index < -0.39 is 5.41 Å². The number of rotatable bonds is 6. The van der Waals surface area contributed by atoms with Gasteiger partial charge in [0.2, 0.25) is 5.91 Å². The number of nitrogens with zero attached hydrogens (tertiary/aromatic N) is 1. The Bertz CT molecular complexity index is 584. The van der Waals surface area contributed by atoms with Gasteiger partial charge in [0.05, 0.1) is 17.7 Å². The van der Waals surface area contributed by atoms with E-state index in [2.05, 4.69) is 36.6 Å². The SMILES string of the molecule is CCC(C)(C)NC(=O)[C@]1(Cc2cc([C@@H]3CCOC3)no2)CCCNC1. The second kappa shape index (κ2) is 7.46. The Kier molecular flexibility index (Phi) is 5.49. The lowest BCUT2D eigenvalue weighted by Crippen LogP contribution is -2.56. The third-order valence-electron chi connectivity index (χ3n) is 5.73. The van der Waals surface area contributed by atoms with Crippen LogP contribution in [-0.2, 0) is 16.0 Å². The number of carbonyl (C=O) groups is 1. The van der Waals surface area contributed by atoms with Crippen LogP contribution in [0.1, 0.15) is 63.8 Å². The molecule has 2 aliphatic rings. The van der Waals surface area contributed by atoms with Crippen LogP contribution >= 0.6 is 0 Å². The average Bonchev–Trinajstić information content (AvgIpc) is 3.26. The molecule has 1 amide bonds. The summed E-state index contributed by atoms with van der Waals surface area (Å²) in [6, 6.07) is 2.02. The van der Waals surface area contributed by atoms with Gasteiger partial charge in [-0.15, -0.1) is 0 Å². The van der Waals surface area contributed by atoms with E-state index in [1.807, 2.05) is 6.07 Å². The molecule has 2 fully saturated rings. The molecule has 0 saturated carbocycles. The second-order valence-corrected chi connectivity index (χ2v) is 8.21. The van der Waals surface area contributed by atoms with E-state index in [1.54, 1.807) is 0 Å². The lowest BCUT2D eigenvalue weighted by molar-refractivity contribution is -0.134. The summed E-state index contributed by atoms with van der Waals surface area (Å²) < 4.78 is 11.0. The number of amides is 1. The van der Waals surface area contributed by atoms with Crippen molar-refractivity contribution >= 4 is 5.91 Å². The lowest BCUT2D eigenvalue weighted by atomic mass is 9.75. The summed E-state index contributed by atoms with van der Waals surface area (Å²) in [5.41, 5.74) is 0.295. The van der Waals surface area contributed by atoms with Crippen molar-refractivity contribution < 1.29 is 14.1 Å². The Morgan fingerprint density at radius 1 is 1.52 bits per heavy atom. The van der Waals surface area contributed by atoms with Crippen LogP contribution in [0.2, 0.25) is 0 Å². The van der Waals surface area contributed by atoms with Crippen LogP contribution in [-0.4, -0.2) is 42.9 Å². The van der Waals surface area contributed by atoms with Crippen LogP contribution in [0, 0.1) is 5.41 Å². The molecular formula is C19H31N3O3. The smallest absolute Gasteiger partial charge is 0.228 e. The van der Waals surface area contributed by atoms with Crippen LogP contribution in [0.25, 0.3) is 0 Å². The molecular weight excluding hydrogens is 318 g/mol. The molecule has 0 aromatic carbocycles. The zero-order valence-electron chi connectivity index (χ0n) is 15.7. The molecule has 0 spiro atoms. The van der Waals surface area contributed by atoms with Crippen molar-refractivity contribution in [2.75, 3.05) is 26.3 Å². The third kappa shape index (κ3) is 4.23. The third-order valence-corrected chi connectivity index (χ3v) is 5.73. The van der Waals surface area contributed by atoms with E-state index in [4.69, 9.17) is 9.26 Å². The summed E-state index contributed by atoms with van der Waals surface area (Å²) in [5, 5.41) is 10.9. The molecule has 2 atom stereocenters. The summed E-state index contributed by atoms with van der Waals surface area (Å²) in [6.07, 6.45) is 4.35. The highest BCUT2D eigenvalue weighted by molar-refractivity contribution is 5.84. The monoisotopic (exact) mass is 349 g/mol. The maximum atomic E-state index is 13.1. The van der Waals surface area contributed by atoms with Crippen molar-refractivity contribution in [1.29, 1.82) is 0 Å². The number of ether oxygens (including phenoxy) is 1. The maximum absolute atomic E-state index is 13.1. The number of nitrogens with one attached hydrogen (secondary N) is 2. The average molecular weight is 349 g/mol. The van der Waals surface area contributed by atoms with Gasteiger partial charge in [-0.25, -0.2) is 0 Å². The number of aromatic nitrogens is 1. The highest BCUT2D eigenvalue weighted by Gasteiger charge is 2.42. The van der Waals surface area contributed by atoms with Crippen molar-refractivity contribution in [3.05, 3.63) is 17.5 Å². The minimum Gasteiger partial charge on any atom is -0.381 e. The fourth-order valence-corrected chi connectivity index (χ4v) is 3.63. The second-order valence-electron chi connectivity index (χ2n) is 8.21. The zero-order chi connectivity index (χ0) is 17.9. The molecule has 3 heterocycles. The van der Waals surface area contributed by atoms with Crippen LogP contribution in [0.15, 0.2) is 10.6 Å². The normalized spacial score (nSPS) is 27.4. The number of hydrogen-bond acceptors (Lipinski definition) is 5. The maximum Gasteiger partial charge on any atom is 0.228 e. The first-order chi connectivity index (χ1) is 11.9. The Balaban J connectivity index is 1.75. The predicted molar refractivity (Wildman–Crippen MR) is 95.4 cm³/mol. The topological polar surface area (TPSA) is 76.4 Å². The van der Waals surface area contributed by atoms with E-state index in [0.717, 1.165) is 50.3 Å². The van der Waals surface area contributed by atoms with Crippen molar-refractivity contribution in [1.82, 2.24) is 15.8 Å². The van der Waals surface area contributed by atoms with E-state index in [9.17, 15) is 4.79 Å². The molecule has 25 heavy (non-hydrogen) atoms. The first-order valence-electron chi connectivity index (χ1n) is 9.51. The highest BCUT2D eigenvalue weighted by Crippen LogP contribution is 2.33. The van der Waals surface area contributed by atoms with E-state index in [-0.39, 0.29) is 11.4 Å². The Labute approximate surface area is 150 Å². The van der Waals surface area contributed by atoms with Gasteiger partial charge in [0.25, 0.3) is 0 Å². The first-order valence-corrected chi connectivity index (χ1v) is 9.51. The number of hydrogen-bond donors (Lipinski definition) is 2. The summed E-state index contributed by atoms with van der Waals surface area (Å²) in [7, 11) is 0. The van der Waals surface area contributed by atoms with Crippen molar-refractivity contribution in [2.45, 2.75) is 64.3 Å². The fourth-order valence-electron chi connectivity index (χ4n) is 3.63. The minimum atomic E-state index is -0.465. The molecule has 2 saturated heterocycles. The number of piperidine rings is 1. The summed E-state index contributed by atoms with van der Waals surface area (Å²) >= 11 is 0. The lowest BCUT2D eigenvalue weighted by Gasteiger charge is -2.38. The van der Waals surface area contributed by atoms with Crippen molar-refractivity contribution in [2.24, 2.45) is 5.41 Å². The van der Waals surface area contributed by atoms with Gasteiger partial charge >= 0.3 is 0 Å². The van der Waals surface area contributed by atoms with Crippen LogP contribution < -0.4 is 10.6 Å².